The topological polar surface area (TPSA) is 92.8 Å². The molecular formula is C16H16FNO4. The number of hydrogen-bond acceptors (Lipinski definition) is 4. The van der Waals surface area contributed by atoms with Crippen LogP contribution in [0.25, 0.3) is 0 Å². The van der Waals surface area contributed by atoms with Gasteiger partial charge in [-0.1, -0.05) is 12.1 Å². The molecule has 2 aromatic rings. The molecule has 116 valence electrons. The smallest absolute Gasteiger partial charge is 0.311 e. The third kappa shape index (κ3) is 3.28. The minimum atomic E-state index is -1.03. The number of phenolic OH excluding ortho intramolecular Hbond substituents is 1. The maximum absolute atomic E-state index is 13.0. The molecule has 0 radical (unpaired) electrons. The minimum absolute atomic E-state index is 0.109. The third-order valence-electron chi connectivity index (χ3n) is 3.39. The summed E-state index contributed by atoms with van der Waals surface area (Å²) in [7, 11) is 1.38. The number of carboxylic acid groups (broad SMARTS) is 1. The van der Waals surface area contributed by atoms with Gasteiger partial charge < -0.3 is 20.7 Å². The lowest BCUT2D eigenvalue weighted by atomic mass is 9.91. The van der Waals surface area contributed by atoms with Gasteiger partial charge in [0.15, 0.2) is 11.5 Å². The molecule has 4 N–H and O–H groups in total. The number of hydrogen-bond donors (Lipinski definition) is 3. The van der Waals surface area contributed by atoms with E-state index in [2.05, 4.69) is 0 Å². The first-order valence-electron chi connectivity index (χ1n) is 6.56. The number of carbonyl (C=O) groups is 1. The Morgan fingerprint density at radius 3 is 2.50 bits per heavy atom. The van der Waals surface area contributed by atoms with Gasteiger partial charge in [-0.05, 0) is 41.8 Å². The van der Waals surface area contributed by atoms with Crippen molar-refractivity contribution in [2.45, 2.75) is 12.3 Å². The van der Waals surface area contributed by atoms with Crippen molar-refractivity contribution in [1.82, 2.24) is 0 Å². The minimum Gasteiger partial charge on any atom is -0.503 e. The number of nitrogen functional groups attached to an aromatic ring is 1. The molecule has 0 saturated heterocycles. The zero-order valence-electron chi connectivity index (χ0n) is 11.9. The van der Waals surface area contributed by atoms with Gasteiger partial charge in [-0.15, -0.1) is 0 Å². The van der Waals surface area contributed by atoms with E-state index in [9.17, 15) is 19.4 Å². The van der Waals surface area contributed by atoms with Crippen LogP contribution in [0.15, 0.2) is 36.4 Å². The predicted octanol–water partition coefficient (Wildman–Crippen LogP) is 2.53. The molecule has 6 heteroatoms. The number of nitrogens with two attached hydrogens (primary N) is 1. The normalized spacial score (nSPS) is 11.9. The molecule has 0 aromatic heterocycles. The fourth-order valence-corrected chi connectivity index (χ4v) is 2.24. The fourth-order valence-electron chi connectivity index (χ4n) is 2.24. The van der Waals surface area contributed by atoms with Crippen LogP contribution in [0, 0.1) is 5.82 Å². The summed E-state index contributed by atoms with van der Waals surface area (Å²) in [4.78, 5) is 11.5. The lowest BCUT2D eigenvalue weighted by Gasteiger charge is -2.15. The summed E-state index contributed by atoms with van der Waals surface area (Å²) in [5.41, 5.74) is 6.88. The standard InChI is InChI=1S/C16H16FNO4/c1-22-14-8-9(7-13(18)15(14)19)6-12(16(20)21)10-2-4-11(17)5-3-10/h2-5,7-8,12,19H,6,18H2,1H3,(H,20,21). The number of methoxy groups -OCH3 is 1. The van der Waals surface area contributed by atoms with Crippen LogP contribution < -0.4 is 10.5 Å². The largest absolute Gasteiger partial charge is 0.503 e. The first kappa shape index (κ1) is 15.6. The van der Waals surface area contributed by atoms with Gasteiger partial charge in [0.25, 0.3) is 0 Å². The van der Waals surface area contributed by atoms with E-state index in [1.54, 1.807) is 0 Å². The first-order chi connectivity index (χ1) is 10.4. The second kappa shape index (κ2) is 6.34. The van der Waals surface area contributed by atoms with Gasteiger partial charge in [0.1, 0.15) is 5.82 Å². The third-order valence-corrected chi connectivity index (χ3v) is 3.39. The van der Waals surface area contributed by atoms with Crippen molar-refractivity contribution in [2.24, 2.45) is 0 Å². The number of aliphatic carboxylic acids is 1. The molecular weight excluding hydrogens is 289 g/mol. The summed E-state index contributed by atoms with van der Waals surface area (Å²) in [6, 6.07) is 8.35. The Morgan fingerprint density at radius 2 is 1.95 bits per heavy atom. The van der Waals surface area contributed by atoms with Gasteiger partial charge >= 0.3 is 5.97 Å². The number of carboxylic acids is 1. The molecule has 0 fully saturated rings. The highest BCUT2D eigenvalue weighted by Crippen LogP contribution is 2.35. The van der Waals surface area contributed by atoms with Crippen molar-refractivity contribution in [1.29, 1.82) is 0 Å². The number of anilines is 1. The highest BCUT2D eigenvalue weighted by atomic mass is 19.1. The monoisotopic (exact) mass is 305 g/mol. The second-order valence-electron chi connectivity index (χ2n) is 4.88. The van der Waals surface area contributed by atoms with Gasteiger partial charge in [-0.25, -0.2) is 4.39 Å². The van der Waals surface area contributed by atoms with Gasteiger partial charge in [-0.2, -0.15) is 0 Å². The highest BCUT2D eigenvalue weighted by molar-refractivity contribution is 5.76. The highest BCUT2D eigenvalue weighted by Gasteiger charge is 2.21. The number of benzene rings is 2. The Labute approximate surface area is 126 Å². The lowest BCUT2D eigenvalue weighted by molar-refractivity contribution is -0.138. The molecule has 0 bridgehead atoms. The van der Waals surface area contributed by atoms with Gasteiger partial charge in [0.2, 0.25) is 0 Å². The number of rotatable bonds is 5. The van der Waals surface area contributed by atoms with Crippen molar-refractivity contribution >= 4 is 11.7 Å². The van der Waals surface area contributed by atoms with Crippen molar-refractivity contribution in [3.63, 3.8) is 0 Å². The van der Waals surface area contributed by atoms with Crippen LogP contribution in [-0.2, 0) is 11.2 Å². The molecule has 1 atom stereocenters. The first-order valence-corrected chi connectivity index (χ1v) is 6.56. The van der Waals surface area contributed by atoms with Gasteiger partial charge in [-0.3, -0.25) is 4.79 Å². The van der Waals surface area contributed by atoms with Crippen LogP contribution >= 0.6 is 0 Å². The Kier molecular flexibility index (Phi) is 4.50. The van der Waals surface area contributed by atoms with E-state index in [4.69, 9.17) is 10.5 Å². The molecule has 2 aromatic carbocycles. The number of phenols is 1. The Bertz CT molecular complexity index is 685. The summed E-state index contributed by atoms with van der Waals surface area (Å²) in [6.45, 7) is 0. The van der Waals surface area contributed by atoms with E-state index < -0.39 is 17.7 Å². The Hall–Kier alpha value is -2.76. The molecule has 0 aliphatic heterocycles. The predicted molar refractivity (Wildman–Crippen MR) is 79.6 cm³/mol. The van der Waals surface area contributed by atoms with E-state index in [0.717, 1.165) is 0 Å². The molecule has 0 saturated carbocycles. The summed E-state index contributed by atoms with van der Waals surface area (Å²) in [5, 5.41) is 19.1. The zero-order valence-corrected chi connectivity index (χ0v) is 11.9. The van der Waals surface area contributed by atoms with Crippen molar-refractivity contribution in [3.8, 4) is 11.5 Å². The molecule has 2 rings (SSSR count). The molecule has 5 nitrogen and oxygen atoms in total. The molecule has 0 spiro atoms. The van der Waals surface area contributed by atoms with E-state index in [1.165, 1.54) is 43.5 Å². The fraction of sp³-hybridized carbons (Fsp3) is 0.188. The van der Waals surface area contributed by atoms with E-state index >= 15 is 0 Å². The number of aromatic hydroxyl groups is 1. The number of ether oxygens (including phenoxy) is 1. The quantitative estimate of drug-likeness (QED) is 0.583. The zero-order chi connectivity index (χ0) is 16.3. The average molecular weight is 305 g/mol. The Balaban J connectivity index is 2.34. The second-order valence-corrected chi connectivity index (χ2v) is 4.88. The average Bonchev–Trinajstić information content (AvgIpc) is 2.49. The van der Waals surface area contributed by atoms with Crippen LogP contribution in [0.2, 0.25) is 0 Å². The van der Waals surface area contributed by atoms with Gasteiger partial charge in [0, 0.05) is 0 Å². The van der Waals surface area contributed by atoms with E-state index in [1.807, 2.05) is 0 Å². The van der Waals surface area contributed by atoms with Crippen molar-refractivity contribution < 1.29 is 24.1 Å². The van der Waals surface area contributed by atoms with Crippen molar-refractivity contribution in [3.05, 3.63) is 53.3 Å². The molecule has 22 heavy (non-hydrogen) atoms. The number of halogens is 1. The summed E-state index contributed by atoms with van der Waals surface area (Å²) >= 11 is 0. The van der Waals surface area contributed by atoms with E-state index in [0.29, 0.717) is 11.1 Å². The summed E-state index contributed by atoms with van der Waals surface area (Å²) in [5.74, 6) is -2.31. The van der Waals surface area contributed by atoms with Crippen LogP contribution in [0.5, 0.6) is 11.5 Å². The van der Waals surface area contributed by atoms with E-state index in [-0.39, 0.29) is 23.6 Å². The SMILES string of the molecule is COc1cc(CC(C(=O)O)c2ccc(F)cc2)cc(N)c1O. The molecule has 0 aliphatic rings. The molecule has 0 amide bonds. The summed E-state index contributed by atoms with van der Waals surface area (Å²) < 4.78 is 18.0. The maximum atomic E-state index is 13.0. The van der Waals surface area contributed by atoms with Crippen molar-refractivity contribution in [2.75, 3.05) is 12.8 Å². The maximum Gasteiger partial charge on any atom is 0.311 e. The van der Waals surface area contributed by atoms with Crippen LogP contribution in [-0.4, -0.2) is 23.3 Å². The summed E-state index contributed by atoms with van der Waals surface area (Å²) in [6.07, 6.45) is 0.141. The van der Waals surface area contributed by atoms with Crippen LogP contribution in [0.3, 0.4) is 0 Å². The van der Waals surface area contributed by atoms with Crippen LogP contribution in [0.4, 0.5) is 10.1 Å². The van der Waals surface area contributed by atoms with Gasteiger partial charge in [0.05, 0.1) is 18.7 Å². The molecule has 0 heterocycles. The van der Waals surface area contributed by atoms with Crippen LogP contribution in [0.1, 0.15) is 17.0 Å². The molecule has 1 unspecified atom stereocenters. The molecule has 0 aliphatic carbocycles. The lowest BCUT2D eigenvalue weighted by Crippen LogP contribution is -2.14. The Morgan fingerprint density at radius 1 is 1.32 bits per heavy atom.